The van der Waals surface area contributed by atoms with Crippen molar-refractivity contribution in [2.75, 3.05) is 29.5 Å². The molecule has 0 saturated carbocycles. The van der Waals surface area contributed by atoms with Gasteiger partial charge in [-0.3, -0.25) is 4.98 Å². The molecule has 3 fully saturated rings. The van der Waals surface area contributed by atoms with E-state index in [9.17, 15) is 0 Å². The second-order valence-electron chi connectivity index (χ2n) is 10.5. The van der Waals surface area contributed by atoms with Gasteiger partial charge in [0.05, 0.1) is 28.5 Å². The Balaban J connectivity index is 1.36. The molecule has 3 aromatic rings. The lowest BCUT2D eigenvalue weighted by Gasteiger charge is -2.34. The SMILES string of the molecule is CC1CCN(c2ccc(N3C(=S)NC(c4ccccn4)C3c3cccn3CC3CCCO3)cc2Cl)CC1. The van der Waals surface area contributed by atoms with Crippen LogP contribution >= 0.6 is 23.8 Å². The number of pyridine rings is 1. The van der Waals surface area contributed by atoms with E-state index < -0.39 is 0 Å². The van der Waals surface area contributed by atoms with Crippen molar-refractivity contribution < 1.29 is 4.74 Å². The fourth-order valence-corrected chi connectivity index (χ4v) is 6.60. The number of ether oxygens (including phenoxy) is 1. The van der Waals surface area contributed by atoms with E-state index in [1.807, 2.05) is 18.3 Å². The number of hydrogen-bond donors (Lipinski definition) is 1. The largest absolute Gasteiger partial charge is 0.376 e. The molecule has 3 saturated heterocycles. The van der Waals surface area contributed by atoms with E-state index in [2.05, 4.69) is 69.2 Å². The molecule has 6 nitrogen and oxygen atoms in total. The molecule has 0 bridgehead atoms. The summed E-state index contributed by atoms with van der Waals surface area (Å²) < 4.78 is 8.29. The third kappa shape index (κ3) is 4.97. The first-order chi connectivity index (χ1) is 18.1. The molecule has 194 valence electrons. The molecule has 37 heavy (non-hydrogen) atoms. The maximum Gasteiger partial charge on any atom is 0.174 e. The molecule has 3 aliphatic heterocycles. The van der Waals surface area contributed by atoms with Gasteiger partial charge in [0.2, 0.25) is 0 Å². The molecule has 3 unspecified atom stereocenters. The fourth-order valence-electron chi connectivity index (χ4n) is 5.95. The number of nitrogens with one attached hydrogen (secondary N) is 1. The smallest absolute Gasteiger partial charge is 0.174 e. The number of halogens is 1. The van der Waals surface area contributed by atoms with Crippen LogP contribution in [0.5, 0.6) is 0 Å². The van der Waals surface area contributed by atoms with Gasteiger partial charge in [0.15, 0.2) is 5.11 Å². The van der Waals surface area contributed by atoms with E-state index in [1.54, 1.807) is 0 Å². The standard InChI is InChI=1S/C29H34ClN5OS/c1-20-11-15-33(16-12-20)25-10-9-21(18-23(25)30)35-28(27(32-29(35)37)24-7-2-3-13-31-24)26-8-4-14-34(26)19-22-6-5-17-36-22/h2-4,7-10,13-14,18,20,22,27-28H,5-6,11-12,15-17,19H2,1H3,(H,32,37). The quantitative estimate of drug-likeness (QED) is 0.383. The number of piperidine rings is 1. The molecule has 2 aromatic heterocycles. The summed E-state index contributed by atoms with van der Waals surface area (Å²) in [5.74, 6) is 0.775. The Morgan fingerprint density at radius 3 is 2.70 bits per heavy atom. The molecule has 0 amide bonds. The first-order valence-corrected chi connectivity index (χ1v) is 14.2. The van der Waals surface area contributed by atoms with Crippen LogP contribution in [0, 0.1) is 5.92 Å². The monoisotopic (exact) mass is 535 g/mol. The van der Waals surface area contributed by atoms with Crippen LogP contribution < -0.4 is 15.1 Å². The first-order valence-electron chi connectivity index (χ1n) is 13.4. The van der Waals surface area contributed by atoms with Crippen molar-refractivity contribution in [1.29, 1.82) is 0 Å². The molecule has 3 aliphatic rings. The van der Waals surface area contributed by atoms with Crippen molar-refractivity contribution in [3.63, 3.8) is 0 Å². The number of anilines is 2. The number of benzene rings is 1. The van der Waals surface area contributed by atoms with Crippen LogP contribution in [0.2, 0.25) is 5.02 Å². The Kier molecular flexibility index (Phi) is 7.10. The third-order valence-corrected chi connectivity index (χ3v) is 8.64. The van der Waals surface area contributed by atoms with Gasteiger partial charge >= 0.3 is 0 Å². The van der Waals surface area contributed by atoms with Gasteiger partial charge in [0.1, 0.15) is 6.04 Å². The zero-order valence-corrected chi connectivity index (χ0v) is 22.8. The maximum absolute atomic E-state index is 6.93. The normalized spacial score (nSPS) is 24.6. The van der Waals surface area contributed by atoms with Crippen molar-refractivity contribution >= 4 is 40.3 Å². The van der Waals surface area contributed by atoms with Crippen LogP contribution in [0.25, 0.3) is 0 Å². The van der Waals surface area contributed by atoms with Gasteiger partial charge in [-0.2, -0.15) is 0 Å². The summed E-state index contributed by atoms with van der Waals surface area (Å²) in [5, 5.41) is 5.03. The fraction of sp³-hybridized carbons (Fsp3) is 0.448. The highest BCUT2D eigenvalue weighted by atomic mass is 35.5. The van der Waals surface area contributed by atoms with Gasteiger partial charge in [-0.1, -0.05) is 24.6 Å². The van der Waals surface area contributed by atoms with Gasteiger partial charge in [0, 0.05) is 50.0 Å². The average Bonchev–Trinajstić information content (AvgIpc) is 3.66. The van der Waals surface area contributed by atoms with Crippen LogP contribution in [0.4, 0.5) is 11.4 Å². The molecule has 0 radical (unpaired) electrons. The van der Waals surface area contributed by atoms with Crippen molar-refractivity contribution in [2.45, 2.75) is 57.3 Å². The van der Waals surface area contributed by atoms with E-state index in [0.717, 1.165) is 67.1 Å². The Hall–Kier alpha value is -2.61. The van der Waals surface area contributed by atoms with E-state index in [-0.39, 0.29) is 18.2 Å². The molecule has 6 rings (SSSR count). The molecular formula is C29H34ClN5OS. The molecule has 0 spiro atoms. The van der Waals surface area contributed by atoms with E-state index in [1.165, 1.54) is 18.5 Å². The Labute approximate surface area is 229 Å². The number of aromatic nitrogens is 2. The lowest BCUT2D eigenvalue weighted by Crippen LogP contribution is -2.33. The van der Waals surface area contributed by atoms with Crippen molar-refractivity contribution in [2.24, 2.45) is 5.92 Å². The first kappa shape index (κ1) is 24.7. The number of thiocarbonyl (C=S) groups is 1. The predicted molar refractivity (Wildman–Crippen MR) is 153 cm³/mol. The Morgan fingerprint density at radius 2 is 1.97 bits per heavy atom. The van der Waals surface area contributed by atoms with E-state index in [0.29, 0.717) is 5.11 Å². The number of rotatable bonds is 6. The highest BCUT2D eigenvalue weighted by Gasteiger charge is 2.42. The van der Waals surface area contributed by atoms with Crippen LogP contribution in [-0.2, 0) is 11.3 Å². The summed E-state index contributed by atoms with van der Waals surface area (Å²) in [5.41, 5.74) is 4.25. The minimum absolute atomic E-state index is 0.0726. The summed E-state index contributed by atoms with van der Waals surface area (Å²) in [6.07, 6.45) is 8.87. The summed E-state index contributed by atoms with van der Waals surface area (Å²) in [6, 6.07) is 16.6. The topological polar surface area (TPSA) is 45.6 Å². The minimum atomic E-state index is -0.0890. The molecule has 1 N–H and O–H groups in total. The zero-order chi connectivity index (χ0) is 25.4. The van der Waals surface area contributed by atoms with Crippen molar-refractivity contribution in [1.82, 2.24) is 14.9 Å². The lowest BCUT2D eigenvalue weighted by molar-refractivity contribution is 0.0961. The van der Waals surface area contributed by atoms with Gasteiger partial charge in [-0.05, 0) is 86.3 Å². The summed E-state index contributed by atoms with van der Waals surface area (Å²) in [7, 11) is 0. The minimum Gasteiger partial charge on any atom is -0.376 e. The summed E-state index contributed by atoms with van der Waals surface area (Å²) in [4.78, 5) is 9.32. The zero-order valence-electron chi connectivity index (χ0n) is 21.2. The number of hydrogen-bond acceptors (Lipinski definition) is 4. The Bertz CT molecular complexity index is 1240. The van der Waals surface area contributed by atoms with Crippen molar-refractivity contribution in [3.8, 4) is 0 Å². The predicted octanol–water partition coefficient (Wildman–Crippen LogP) is 6.13. The average molecular weight is 536 g/mol. The number of nitrogens with zero attached hydrogens (tertiary/aromatic N) is 4. The maximum atomic E-state index is 6.93. The van der Waals surface area contributed by atoms with Crippen molar-refractivity contribution in [3.05, 3.63) is 77.3 Å². The van der Waals surface area contributed by atoms with Gasteiger partial charge in [0.25, 0.3) is 0 Å². The van der Waals surface area contributed by atoms with Gasteiger partial charge in [-0.25, -0.2) is 0 Å². The summed E-state index contributed by atoms with van der Waals surface area (Å²) in [6.45, 7) is 6.10. The van der Waals surface area contributed by atoms with Crippen LogP contribution in [0.3, 0.4) is 0 Å². The molecule has 0 aliphatic carbocycles. The summed E-state index contributed by atoms with van der Waals surface area (Å²) >= 11 is 12.9. The third-order valence-electron chi connectivity index (χ3n) is 8.02. The van der Waals surface area contributed by atoms with Crippen LogP contribution in [0.1, 0.15) is 56.1 Å². The van der Waals surface area contributed by atoms with E-state index >= 15 is 0 Å². The van der Waals surface area contributed by atoms with Crippen LogP contribution in [-0.4, -0.2) is 40.5 Å². The lowest BCUT2D eigenvalue weighted by atomic mass is 9.98. The van der Waals surface area contributed by atoms with E-state index in [4.69, 9.17) is 33.5 Å². The van der Waals surface area contributed by atoms with Gasteiger partial charge in [-0.15, -0.1) is 0 Å². The second-order valence-corrected chi connectivity index (χ2v) is 11.3. The molecule has 8 heteroatoms. The molecular weight excluding hydrogens is 502 g/mol. The van der Waals surface area contributed by atoms with Gasteiger partial charge < -0.3 is 24.4 Å². The highest BCUT2D eigenvalue weighted by Crippen LogP contribution is 2.43. The van der Waals surface area contributed by atoms with Crippen LogP contribution in [0.15, 0.2) is 60.9 Å². The second kappa shape index (κ2) is 10.6. The molecule has 5 heterocycles. The Morgan fingerprint density at radius 1 is 1.11 bits per heavy atom. The highest BCUT2D eigenvalue weighted by molar-refractivity contribution is 7.80. The molecule has 1 aromatic carbocycles. The molecule has 3 atom stereocenters.